The molecule has 0 atom stereocenters. The number of nitrogens with zero attached hydrogens (tertiary/aromatic N) is 1. The van der Waals surface area contributed by atoms with Crippen LogP contribution in [0.5, 0.6) is 5.75 Å². The number of ether oxygens (including phenoxy) is 2. The molecule has 0 aliphatic carbocycles. The molecule has 0 amide bonds. The van der Waals surface area contributed by atoms with E-state index >= 15 is 0 Å². The van der Waals surface area contributed by atoms with Crippen LogP contribution in [0.25, 0.3) is 12.2 Å². The zero-order valence-electron chi connectivity index (χ0n) is 13.5. The quantitative estimate of drug-likeness (QED) is 0.816. The zero-order chi connectivity index (χ0) is 15.7. The lowest BCUT2D eigenvalue weighted by Crippen LogP contribution is -2.36. The Morgan fingerprint density at radius 2 is 1.82 bits per heavy atom. The topological polar surface area (TPSA) is 31.4 Å². The lowest BCUT2D eigenvalue weighted by Gasteiger charge is -2.34. The summed E-state index contributed by atoms with van der Waals surface area (Å²) in [4.78, 5) is 4.70. The van der Waals surface area contributed by atoms with Crippen LogP contribution in [0.4, 0.5) is 0 Å². The maximum atomic E-state index is 5.94. The van der Waals surface area contributed by atoms with Gasteiger partial charge in [-0.2, -0.15) is 0 Å². The molecule has 2 aromatic rings. The second kappa shape index (κ2) is 5.58. The minimum atomic E-state index is -0.590. The van der Waals surface area contributed by atoms with E-state index in [9.17, 15) is 0 Å². The van der Waals surface area contributed by atoms with Gasteiger partial charge in [-0.15, -0.1) is 0 Å². The molecule has 1 aliphatic rings. The highest BCUT2D eigenvalue weighted by Crippen LogP contribution is 2.36. The highest BCUT2D eigenvalue weighted by atomic mass is 16.7. The third-order valence-electron chi connectivity index (χ3n) is 3.87. The Kier molecular flexibility index (Phi) is 3.75. The van der Waals surface area contributed by atoms with Gasteiger partial charge in [-0.05, 0) is 31.1 Å². The number of benzene rings is 1. The minimum Gasteiger partial charge on any atom is -0.461 e. The van der Waals surface area contributed by atoms with Crippen LogP contribution in [0, 0.1) is 13.8 Å². The van der Waals surface area contributed by atoms with Crippen molar-refractivity contribution >= 4 is 12.2 Å². The maximum Gasteiger partial charge on any atom is 0.205 e. The average Bonchev–Trinajstić information content (AvgIpc) is 2.49. The van der Waals surface area contributed by atoms with Crippen molar-refractivity contribution in [2.45, 2.75) is 40.1 Å². The third-order valence-corrected chi connectivity index (χ3v) is 3.87. The van der Waals surface area contributed by atoms with Crippen LogP contribution in [0.1, 0.15) is 41.9 Å². The van der Waals surface area contributed by atoms with Crippen LogP contribution in [0.15, 0.2) is 30.3 Å². The van der Waals surface area contributed by atoms with Crippen LogP contribution in [0.2, 0.25) is 0 Å². The second-order valence-electron chi connectivity index (χ2n) is 6.05. The number of pyridine rings is 1. The number of hydrogen-bond donors (Lipinski definition) is 0. The molecule has 114 valence electrons. The second-order valence-corrected chi connectivity index (χ2v) is 6.05. The summed E-state index contributed by atoms with van der Waals surface area (Å²) in [6.45, 7) is 8.46. The van der Waals surface area contributed by atoms with E-state index in [2.05, 4.69) is 31.2 Å². The largest absolute Gasteiger partial charge is 0.461 e. The summed E-state index contributed by atoms with van der Waals surface area (Å²) in [7, 11) is 0. The smallest absolute Gasteiger partial charge is 0.205 e. The van der Waals surface area contributed by atoms with Gasteiger partial charge in [-0.1, -0.05) is 36.4 Å². The van der Waals surface area contributed by atoms with E-state index < -0.39 is 5.79 Å². The first-order valence-electron chi connectivity index (χ1n) is 7.52. The molecule has 0 N–H and O–H groups in total. The predicted octanol–water partition coefficient (Wildman–Crippen LogP) is 4.51. The van der Waals surface area contributed by atoms with Gasteiger partial charge in [0, 0.05) is 19.4 Å². The highest BCUT2D eigenvalue weighted by Gasteiger charge is 2.30. The van der Waals surface area contributed by atoms with E-state index in [0.29, 0.717) is 6.61 Å². The van der Waals surface area contributed by atoms with Gasteiger partial charge in [-0.3, -0.25) is 0 Å². The molecule has 3 heteroatoms. The molecule has 3 nitrogen and oxygen atoms in total. The Morgan fingerprint density at radius 3 is 2.55 bits per heavy atom. The fourth-order valence-corrected chi connectivity index (χ4v) is 2.59. The molecule has 3 rings (SSSR count). The Morgan fingerprint density at radius 1 is 1.09 bits per heavy atom. The summed E-state index contributed by atoms with van der Waals surface area (Å²) >= 11 is 0. The molecule has 0 saturated carbocycles. The average molecular weight is 295 g/mol. The number of aromatic nitrogens is 1. The van der Waals surface area contributed by atoms with Crippen LogP contribution in [-0.2, 0) is 11.3 Å². The maximum absolute atomic E-state index is 5.94. The van der Waals surface area contributed by atoms with Crippen molar-refractivity contribution in [3.8, 4) is 5.75 Å². The van der Waals surface area contributed by atoms with E-state index in [1.54, 1.807) is 0 Å². The summed E-state index contributed by atoms with van der Waals surface area (Å²) in [6, 6.07) is 10.2. The first-order valence-corrected chi connectivity index (χ1v) is 7.52. The summed E-state index contributed by atoms with van der Waals surface area (Å²) in [6.07, 6.45) is 4.13. The molecule has 22 heavy (non-hydrogen) atoms. The SMILES string of the molecule is Cc1nc(/C=C/c2ccccc2)c(C)c2c1OC(C)(C)OC2. The minimum absolute atomic E-state index is 0.559. The van der Waals surface area contributed by atoms with E-state index in [1.165, 1.54) is 0 Å². The Balaban J connectivity index is 1.98. The Hall–Kier alpha value is -2.13. The van der Waals surface area contributed by atoms with Gasteiger partial charge in [-0.25, -0.2) is 4.98 Å². The molecule has 0 radical (unpaired) electrons. The number of hydrogen-bond acceptors (Lipinski definition) is 3. The molecule has 0 fully saturated rings. The third kappa shape index (κ3) is 2.90. The van der Waals surface area contributed by atoms with Gasteiger partial charge < -0.3 is 9.47 Å². The van der Waals surface area contributed by atoms with Crippen molar-refractivity contribution < 1.29 is 9.47 Å². The van der Waals surface area contributed by atoms with Gasteiger partial charge in [0.25, 0.3) is 0 Å². The summed E-state index contributed by atoms with van der Waals surface area (Å²) < 4.78 is 11.7. The van der Waals surface area contributed by atoms with Crippen molar-refractivity contribution in [2.75, 3.05) is 0 Å². The lowest BCUT2D eigenvalue weighted by atomic mass is 10.0. The highest BCUT2D eigenvalue weighted by molar-refractivity contribution is 5.70. The summed E-state index contributed by atoms with van der Waals surface area (Å²) in [5.74, 6) is 0.276. The molecular weight excluding hydrogens is 274 g/mol. The number of fused-ring (bicyclic) bond motifs is 1. The normalized spacial score (nSPS) is 16.4. The number of rotatable bonds is 2. The first-order chi connectivity index (χ1) is 10.5. The molecular formula is C19H21NO2. The van der Waals surface area contributed by atoms with Crippen LogP contribution >= 0.6 is 0 Å². The van der Waals surface area contributed by atoms with Gasteiger partial charge in [0.15, 0.2) is 0 Å². The van der Waals surface area contributed by atoms with Crippen LogP contribution < -0.4 is 4.74 Å². The fraction of sp³-hybridized carbons (Fsp3) is 0.316. The van der Waals surface area contributed by atoms with Gasteiger partial charge >= 0.3 is 0 Å². The van der Waals surface area contributed by atoms with Crippen molar-refractivity contribution in [3.63, 3.8) is 0 Å². The monoisotopic (exact) mass is 295 g/mol. The van der Waals surface area contributed by atoms with Gasteiger partial charge in [0.05, 0.1) is 18.0 Å². The molecule has 1 aromatic carbocycles. The Bertz CT molecular complexity index is 718. The van der Waals surface area contributed by atoms with Crippen molar-refractivity contribution in [1.82, 2.24) is 4.98 Å². The predicted molar refractivity (Wildman–Crippen MR) is 88.6 cm³/mol. The van der Waals surface area contributed by atoms with Gasteiger partial charge in [0.2, 0.25) is 5.79 Å². The molecule has 0 saturated heterocycles. The summed E-state index contributed by atoms with van der Waals surface area (Å²) in [5, 5.41) is 0. The van der Waals surface area contributed by atoms with Crippen molar-refractivity contribution in [2.24, 2.45) is 0 Å². The van der Waals surface area contributed by atoms with Gasteiger partial charge in [0.1, 0.15) is 5.75 Å². The molecule has 0 spiro atoms. The molecule has 0 bridgehead atoms. The van der Waals surface area contributed by atoms with Crippen LogP contribution in [0.3, 0.4) is 0 Å². The van der Waals surface area contributed by atoms with E-state index in [0.717, 1.165) is 33.8 Å². The molecule has 1 aliphatic heterocycles. The van der Waals surface area contributed by atoms with E-state index in [-0.39, 0.29) is 0 Å². The van der Waals surface area contributed by atoms with Crippen molar-refractivity contribution in [3.05, 3.63) is 58.4 Å². The Labute approximate surface area is 131 Å². The lowest BCUT2D eigenvalue weighted by molar-refractivity contribution is -0.180. The van der Waals surface area contributed by atoms with E-state index in [1.807, 2.05) is 39.0 Å². The zero-order valence-corrected chi connectivity index (χ0v) is 13.5. The van der Waals surface area contributed by atoms with E-state index in [4.69, 9.17) is 14.5 Å². The summed E-state index contributed by atoms with van der Waals surface area (Å²) in [5.41, 5.74) is 5.24. The number of aryl methyl sites for hydroxylation is 1. The first kappa shape index (κ1) is 14.8. The molecule has 0 unspecified atom stereocenters. The van der Waals surface area contributed by atoms with Crippen LogP contribution in [-0.4, -0.2) is 10.8 Å². The molecule has 1 aromatic heterocycles. The molecule has 2 heterocycles. The fourth-order valence-electron chi connectivity index (χ4n) is 2.59. The standard InChI is InChI=1S/C19H21NO2/c1-13-16-12-21-19(3,4)22-18(16)14(2)20-17(13)11-10-15-8-6-5-7-9-15/h5-11H,12H2,1-4H3/b11-10+. The van der Waals surface area contributed by atoms with Crippen molar-refractivity contribution in [1.29, 1.82) is 0 Å².